The number of nitrogens with one attached hydrogen (secondary N) is 1. The van der Waals surface area contributed by atoms with Gasteiger partial charge in [0.15, 0.2) is 0 Å². The van der Waals surface area contributed by atoms with Crippen molar-refractivity contribution in [2.45, 2.75) is 38.6 Å². The van der Waals surface area contributed by atoms with Crippen LogP contribution in [-0.2, 0) is 6.42 Å². The van der Waals surface area contributed by atoms with Crippen LogP contribution in [0.3, 0.4) is 0 Å². The highest BCUT2D eigenvalue weighted by Gasteiger charge is 2.26. The Balaban J connectivity index is 1.90. The van der Waals surface area contributed by atoms with E-state index in [1.807, 2.05) is 11.3 Å². The molecule has 0 spiro atoms. The number of thiophene rings is 1. The van der Waals surface area contributed by atoms with Gasteiger partial charge in [0.1, 0.15) is 0 Å². The van der Waals surface area contributed by atoms with E-state index in [0.29, 0.717) is 0 Å². The van der Waals surface area contributed by atoms with Gasteiger partial charge in [-0.15, -0.1) is 0 Å². The maximum Gasteiger partial charge on any atom is 0.00983 e. The van der Waals surface area contributed by atoms with Gasteiger partial charge < -0.3 is 5.32 Å². The molecule has 0 amide bonds. The van der Waals surface area contributed by atoms with Crippen molar-refractivity contribution in [2.75, 3.05) is 6.54 Å². The van der Waals surface area contributed by atoms with Crippen LogP contribution in [0, 0.1) is 5.92 Å². The van der Waals surface area contributed by atoms with Crippen LogP contribution in [0.4, 0.5) is 0 Å². The SMILES string of the molecule is CCNC1CCCC1Cc1ccsc1. The van der Waals surface area contributed by atoms with E-state index < -0.39 is 0 Å². The maximum absolute atomic E-state index is 3.61. The van der Waals surface area contributed by atoms with Crippen LogP contribution >= 0.6 is 11.3 Å². The Hall–Kier alpha value is -0.340. The molecule has 1 fully saturated rings. The second-order valence-corrected chi connectivity index (χ2v) is 4.97. The van der Waals surface area contributed by atoms with Crippen molar-refractivity contribution in [2.24, 2.45) is 5.92 Å². The average molecular weight is 209 g/mol. The summed E-state index contributed by atoms with van der Waals surface area (Å²) in [6, 6.07) is 3.05. The second-order valence-electron chi connectivity index (χ2n) is 4.19. The zero-order valence-electron chi connectivity index (χ0n) is 8.83. The Morgan fingerprint density at radius 2 is 2.43 bits per heavy atom. The van der Waals surface area contributed by atoms with E-state index in [4.69, 9.17) is 0 Å². The van der Waals surface area contributed by atoms with E-state index in [9.17, 15) is 0 Å². The largest absolute Gasteiger partial charge is 0.314 e. The minimum Gasteiger partial charge on any atom is -0.314 e. The summed E-state index contributed by atoms with van der Waals surface area (Å²) in [7, 11) is 0. The molecule has 1 heterocycles. The molecule has 1 aromatic rings. The van der Waals surface area contributed by atoms with E-state index >= 15 is 0 Å². The standard InChI is InChI=1S/C12H19NS/c1-2-13-12-5-3-4-11(12)8-10-6-7-14-9-10/h6-7,9,11-13H,2-5,8H2,1H3. The van der Waals surface area contributed by atoms with Gasteiger partial charge in [0.2, 0.25) is 0 Å². The quantitative estimate of drug-likeness (QED) is 0.803. The Kier molecular flexibility index (Phi) is 3.60. The molecule has 0 aliphatic heterocycles. The molecule has 78 valence electrons. The van der Waals surface area contributed by atoms with Crippen molar-refractivity contribution in [1.82, 2.24) is 5.32 Å². The summed E-state index contributed by atoms with van der Waals surface area (Å²) in [5.74, 6) is 0.879. The fourth-order valence-corrected chi connectivity index (χ4v) is 3.21. The number of hydrogen-bond donors (Lipinski definition) is 1. The predicted molar refractivity (Wildman–Crippen MR) is 62.8 cm³/mol. The summed E-state index contributed by atoms with van der Waals surface area (Å²) in [5, 5.41) is 8.09. The van der Waals surface area contributed by atoms with E-state index in [0.717, 1.165) is 18.5 Å². The lowest BCUT2D eigenvalue weighted by Crippen LogP contribution is -2.32. The molecule has 1 N–H and O–H groups in total. The molecule has 2 unspecified atom stereocenters. The molecular formula is C12H19NS. The molecule has 1 aliphatic rings. The first-order chi connectivity index (χ1) is 6.90. The summed E-state index contributed by atoms with van der Waals surface area (Å²) in [5.41, 5.74) is 1.53. The first-order valence-electron chi connectivity index (χ1n) is 5.64. The van der Waals surface area contributed by atoms with Crippen LogP contribution < -0.4 is 5.32 Å². The normalized spacial score (nSPS) is 26.9. The summed E-state index contributed by atoms with van der Waals surface area (Å²) in [6.07, 6.45) is 5.48. The Bertz CT molecular complexity index is 255. The van der Waals surface area contributed by atoms with Crippen LogP contribution in [0.2, 0.25) is 0 Å². The molecule has 1 aromatic heterocycles. The fraction of sp³-hybridized carbons (Fsp3) is 0.667. The van der Waals surface area contributed by atoms with E-state index in [1.54, 1.807) is 0 Å². The van der Waals surface area contributed by atoms with Crippen molar-refractivity contribution in [3.8, 4) is 0 Å². The maximum atomic E-state index is 3.61. The van der Waals surface area contributed by atoms with Crippen LogP contribution in [0.15, 0.2) is 16.8 Å². The topological polar surface area (TPSA) is 12.0 Å². The zero-order valence-corrected chi connectivity index (χ0v) is 9.65. The highest BCUT2D eigenvalue weighted by molar-refractivity contribution is 7.07. The van der Waals surface area contributed by atoms with Gasteiger partial charge in [0, 0.05) is 6.04 Å². The van der Waals surface area contributed by atoms with Gasteiger partial charge in [-0.25, -0.2) is 0 Å². The van der Waals surface area contributed by atoms with Gasteiger partial charge >= 0.3 is 0 Å². The van der Waals surface area contributed by atoms with Crippen molar-refractivity contribution in [1.29, 1.82) is 0 Å². The van der Waals surface area contributed by atoms with Gasteiger partial charge in [-0.1, -0.05) is 13.3 Å². The van der Waals surface area contributed by atoms with Crippen molar-refractivity contribution < 1.29 is 0 Å². The Morgan fingerprint density at radius 3 is 3.14 bits per heavy atom. The smallest absolute Gasteiger partial charge is 0.00983 e. The highest BCUT2D eigenvalue weighted by atomic mass is 32.1. The Morgan fingerprint density at radius 1 is 1.50 bits per heavy atom. The third kappa shape index (κ3) is 2.37. The lowest BCUT2D eigenvalue weighted by atomic mass is 9.96. The van der Waals surface area contributed by atoms with Crippen molar-refractivity contribution in [3.63, 3.8) is 0 Å². The molecule has 2 atom stereocenters. The minimum absolute atomic E-state index is 0.778. The van der Waals surface area contributed by atoms with Gasteiger partial charge in [0.05, 0.1) is 0 Å². The van der Waals surface area contributed by atoms with E-state index in [2.05, 4.69) is 29.1 Å². The first kappa shape index (κ1) is 10.2. The molecule has 2 rings (SSSR count). The molecule has 1 saturated carbocycles. The highest BCUT2D eigenvalue weighted by Crippen LogP contribution is 2.29. The predicted octanol–water partition coefficient (Wildman–Crippen LogP) is 3.07. The molecule has 1 aliphatic carbocycles. The molecule has 0 aromatic carbocycles. The third-order valence-corrected chi connectivity index (χ3v) is 3.94. The minimum atomic E-state index is 0.778. The van der Waals surface area contributed by atoms with Gasteiger partial charge in [0.25, 0.3) is 0 Å². The van der Waals surface area contributed by atoms with Crippen LogP contribution in [0.1, 0.15) is 31.7 Å². The van der Waals surface area contributed by atoms with Crippen molar-refractivity contribution in [3.05, 3.63) is 22.4 Å². The number of hydrogen-bond acceptors (Lipinski definition) is 2. The Labute approximate surface area is 90.5 Å². The number of rotatable bonds is 4. The summed E-state index contributed by atoms with van der Waals surface area (Å²) >= 11 is 1.82. The molecular weight excluding hydrogens is 190 g/mol. The zero-order chi connectivity index (χ0) is 9.80. The summed E-state index contributed by atoms with van der Waals surface area (Å²) in [4.78, 5) is 0. The lowest BCUT2D eigenvalue weighted by Gasteiger charge is -2.19. The fourth-order valence-electron chi connectivity index (χ4n) is 2.52. The molecule has 0 radical (unpaired) electrons. The van der Waals surface area contributed by atoms with E-state index in [1.165, 1.54) is 31.2 Å². The summed E-state index contributed by atoms with van der Waals surface area (Å²) in [6.45, 7) is 3.32. The molecule has 1 nitrogen and oxygen atoms in total. The average Bonchev–Trinajstić information content (AvgIpc) is 2.80. The van der Waals surface area contributed by atoms with Crippen molar-refractivity contribution >= 4 is 11.3 Å². The van der Waals surface area contributed by atoms with Gasteiger partial charge in [-0.3, -0.25) is 0 Å². The van der Waals surface area contributed by atoms with Gasteiger partial charge in [-0.2, -0.15) is 11.3 Å². The molecule has 2 heteroatoms. The molecule has 0 bridgehead atoms. The third-order valence-electron chi connectivity index (χ3n) is 3.20. The molecule has 14 heavy (non-hydrogen) atoms. The second kappa shape index (κ2) is 4.94. The lowest BCUT2D eigenvalue weighted by molar-refractivity contribution is 0.406. The van der Waals surface area contributed by atoms with Crippen LogP contribution in [0.25, 0.3) is 0 Å². The first-order valence-corrected chi connectivity index (χ1v) is 6.59. The van der Waals surface area contributed by atoms with Crippen LogP contribution in [-0.4, -0.2) is 12.6 Å². The van der Waals surface area contributed by atoms with Gasteiger partial charge in [-0.05, 0) is 54.1 Å². The monoisotopic (exact) mass is 209 g/mol. The summed E-state index contributed by atoms with van der Waals surface area (Å²) < 4.78 is 0. The van der Waals surface area contributed by atoms with E-state index in [-0.39, 0.29) is 0 Å². The molecule has 0 saturated heterocycles. The van der Waals surface area contributed by atoms with Crippen LogP contribution in [0.5, 0.6) is 0 Å².